The number of hydrogen-bond acceptors (Lipinski definition) is 5. The van der Waals surface area contributed by atoms with Crippen LogP contribution in [0.2, 0.25) is 10.0 Å². The zero-order valence-corrected chi connectivity index (χ0v) is 20.6. The van der Waals surface area contributed by atoms with E-state index in [0.29, 0.717) is 33.8 Å². The lowest BCUT2D eigenvalue weighted by Crippen LogP contribution is -2.36. The zero-order chi connectivity index (χ0) is 23.5. The molecule has 1 N–H and O–H groups in total. The van der Waals surface area contributed by atoms with Gasteiger partial charge in [-0.05, 0) is 42.3 Å². The van der Waals surface area contributed by atoms with Crippen molar-refractivity contribution in [1.82, 2.24) is 9.97 Å². The average Bonchev–Trinajstić information content (AvgIpc) is 2.81. The van der Waals surface area contributed by atoms with E-state index in [1.807, 2.05) is 24.9 Å². The molecule has 0 saturated carbocycles. The molecule has 0 radical (unpaired) electrons. The number of nitrogens with one attached hydrogen (secondary N) is 1. The van der Waals surface area contributed by atoms with Gasteiger partial charge in [0, 0.05) is 53.9 Å². The van der Waals surface area contributed by atoms with Gasteiger partial charge in [0.25, 0.3) is 5.56 Å². The average molecular weight is 487 g/mol. The van der Waals surface area contributed by atoms with E-state index in [-0.39, 0.29) is 11.5 Å². The molecule has 1 fully saturated rings. The van der Waals surface area contributed by atoms with E-state index in [0.717, 1.165) is 37.4 Å². The molecule has 1 aliphatic rings. The van der Waals surface area contributed by atoms with Crippen molar-refractivity contribution in [3.8, 4) is 0 Å². The van der Waals surface area contributed by atoms with Crippen LogP contribution in [0.4, 0.5) is 11.6 Å². The molecule has 3 aromatic rings. The molecule has 2 aromatic carbocycles. The number of halogens is 2. The van der Waals surface area contributed by atoms with Crippen molar-refractivity contribution in [1.29, 1.82) is 0 Å². The third-order valence-electron chi connectivity index (χ3n) is 6.11. The summed E-state index contributed by atoms with van der Waals surface area (Å²) in [5, 5.41) is 1.12. The van der Waals surface area contributed by atoms with Gasteiger partial charge in [0.1, 0.15) is 0 Å². The third-order valence-corrected chi connectivity index (χ3v) is 6.77. The largest absolute Gasteiger partial charge is 0.378 e. The van der Waals surface area contributed by atoms with Gasteiger partial charge in [0.15, 0.2) is 0 Å². The molecule has 0 bridgehead atoms. The van der Waals surface area contributed by atoms with E-state index in [1.165, 1.54) is 5.69 Å². The zero-order valence-electron chi connectivity index (χ0n) is 19.1. The molecule has 1 unspecified atom stereocenters. The van der Waals surface area contributed by atoms with Crippen LogP contribution in [-0.4, -0.2) is 43.3 Å². The van der Waals surface area contributed by atoms with Crippen LogP contribution in [0.3, 0.4) is 0 Å². The van der Waals surface area contributed by atoms with Crippen molar-refractivity contribution in [2.75, 3.05) is 43.2 Å². The Morgan fingerprint density at radius 2 is 1.76 bits per heavy atom. The first-order valence-electron chi connectivity index (χ1n) is 11.0. The maximum atomic E-state index is 12.7. The van der Waals surface area contributed by atoms with E-state index >= 15 is 0 Å². The first-order valence-corrected chi connectivity index (χ1v) is 11.8. The Labute approximate surface area is 204 Å². The van der Waals surface area contributed by atoms with Gasteiger partial charge in [-0.25, -0.2) is 4.98 Å². The van der Waals surface area contributed by atoms with E-state index in [9.17, 15) is 4.79 Å². The van der Waals surface area contributed by atoms with Crippen molar-refractivity contribution in [2.45, 2.75) is 26.3 Å². The summed E-state index contributed by atoms with van der Waals surface area (Å²) < 4.78 is 5.43. The number of benzene rings is 2. The normalized spacial score (nSPS) is 14.9. The molecule has 33 heavy (non-hydrogen) atoms. The number of H-pyrrole nitrogens is 1. The highest BCUT2D eigenvalue weighted by molar-refractivity contribution is 6.36. The second kappa shape index (κ2) is 10.2. The lowest BCUT2D eigenvalue weighted by atomic mass is 9.95. The summed E-state index contributed by atoms with van der Waals surface area (Å²) in [6.45, 7) is 7.69. The number of aromatic amines is 1. The topological polar surface area (TPSA) is 61.5 Å². The van der Waals surface area contributed by atoms with Gasteiger partial charge in [-0.15, -0.1) is 0 Å². The number of nitrogens with zero attached hydrogens (tertiary/aromatic N) is 3. The highest BCUT2D eigenvalue weighted by atomic mass is 35.5. The van der Waals surface area contributed by atoms with E-state index in [4.69, 9.17) is 32.9 Å². The SMILES string of the molecule is Cc1c(C(C)c2c(Cl)cccc2Cl)nc(N(C)Cc2ccc(N3CCOCC3)cc2)[nH]c1=O. The molecule has 6 nitrogen and oxygen atoms in total. The van der Waals surface area contributed by atoms with Crippen LogP contribution in [0.25, 0.3) is 0 Å². The quantitative estimate of drug-likeness (QED) is 0.530. The molecule has 1 aromatic heterocycles. The molecule has 1 atom stereocenters. The highest BCUT2D eigenvalue weighted by Crippen LogP contribution is 2.35. The molecule has 8 heteroatoms. The van der Waals surface area contributed by atoms with Gasteiger partial charge < -0.3 is 14.5 Å². The third kappa shape index (κ3) is 5.18. The minimum atomic E-state index is -0.228. The number of anilines is 2. The molecule has 4 rings (SSSR count). The van der Waals surface area contributed by atoms with E-state index in [1.54, 1.807) is 19.1 Å². The van der Waals surface area contributed by atoms with Crippen molar-refractivity contribution in [3.63, 3.8) is 0 Å². The van der Waals surface area contributed by atoms with Gasteiger partial charge in [-0.3, -0.25) is 9.78 Å². The predicted molar refractivity (Wildman–Crippen MR) is 135 cm³/mol. The van der Waals surface area contributed by atoms with E-state index < -0.39 is 0 Å². The van der Waals surface area contributed by atoms with Crippen LogP contribution in [0.5, 0.6) is 0 Å². The Bertz CT molecular complexity index is 1150. The molecule has 0 aliphatic carbocycles. The molecule has 1 saturated heterocycles. The number of aromatic nitrogens is 2. The minimum absolute atomic E-state index is 0.167. The molecule has 0 amide bonds. The van der Waals surface area contributed by atoms with Crippen LogP contribution < -0.4 is 15.4 Å². The monoisotopic (exact) mass is 486 g/mol. The van der Waals surface area contributed by atoms with Crippen LogP contribution in [0, 0.1) is 6.92 Å². The van der Waals surface area contributed by atoms with Crippen LogP contribution in [0.15, 0.2) is 47.3 Å². The Kier molecular flexibility index (Phi) is 7.27. The summed E-state index contributed by atoms with van der Waals surface area (Å²) in [5.41, 5.74) is 4.15. The van der Waals surface area contributed by atoms with Crippen molar-refractivity contribution in [2.24, 2.45) is 0 Å². The fourth-order valence-corrected chi connectivity index (χ4v) is 4.91. The lowest BCUT2D eigenvalue weighted by molar-refractivity contribution is 0.122. The number of morpholine rings is 1. The van der Waals surface area contributed by atoms with Crippen molar-refractivity contribution in [3.05, 3.63) is 85.2 Å². The van der Waals surface area contributed by atoms with Crippen molar-refractivity contribution < 1.29 is 4.74 Å². The van der Waals surface area contributed by atoms with Crippen molar-refractivity contribution >= 4 is 34.8 Å². The maximum absolute atomic E-state index is 12.7. The second-order valence-electron chi connectivity index (χ2n) is 8.38. The van der Waals surface area contributed by atoms with Gasteiger partial charge in [-0.1, -0.05) is 48.3 Å². The molecular weight excluding hydrogens is 459 g/mol. The molecular formula is C25H28Cl2N4O2. The van der Waals surface area contributed by atoms with Crippen LogP contribution in [-0.2, 0) is 11.3 Å². The summed E-state index contributed by atoms with van der Waals surface area (Å²) >= 11 is 12.9. The first kappa shape index (κ1) is 23.6. The Morgan fingerprint density at radius 3 is 2.39 bits per heavy atom. The smallest absolute Gasteiger partial charge is 0.255 e. The summed E-state index contributed by atoms with van der Waals surface area (Å²) in [6.07, 6.45) is 0. The standard InChI is InChI=1S/C25H28Cl2N4O2/c1-16(22-20(26)5-4-6-21(22)27)23-17(2)24(32)29-25(28-23)30(3)15-18-7-9-19(10-8-18)31-11-13-33-14-12-31/h4-10,16H,11-15H2,1-3H3,(H,28,29,32). The van der Waals surface area contributed by atoms with Gasteiger partial charge in [0.2, 0.25) is 5.95 Å². The molecule has 2 heterocycles. The summed E-state index contributed by atoms with van der Waals surface area (Å²) in [5.74, 6) is 0.279. The molecule has 174 valence electrons. The fraction of sp³-hybridized carbons (Fsp3) is 0.360. The predicted octanol–water partition coefficient (Wildman–Crippen LogP) is 5.01. The Morgan fingerprint density at radius 1 is 1.12 bits per heavy atom. The second-order valence-corrected chi connectivity index (χ2v) is 9.19. The minimum Gasteiger partial charge on any atom is -0.378 e. The van der Waals surface area contributed by atoms with Gasteiger partial charge in [-0.2, -0.15) is 0 Å². The Balaban J connectivity index is 1.56. The number of hydrogen-bond donors (Lipinski definition) is 1. The summed E-state index contributed by atoms with van der Waals surface area (Å²) in [4.78, 5) is 24.7. The number of rotatable bonds is 6. The van der Waals surface area contributed by atoms with Gasteiger partial charge >= 0.3 is 0 Å². The summed E-state index contributed by atoms with van der Waals surface area (Å²) in [7, 11) is 1.92. The van der Waals surface area contributed by atoms with Crippen LogP contribution in [0.1, 0.15) is 35.2 Å². The number of ether oxygens (including phenoxy) is 1. The molecule has 1 aliphatic heterocycles. The fourth-order valence-electron chi connectivity index (χ4n) is 4.18. The molecule has 0 spiro atoms. The highest BCUT2D eigenvalue weighted by Gasteiger charge is 2.22. The van der Waals surface area contributed by atoms with E-state index in [2.05, 4.69) is 34.1 Å². The first-order chi connectivity index (χ1) is 15.8. The van der Waals surface area contributed by atoms with Gasteiger partial charge in [0.05, 0.1) is 18.9 Å². The Hall–Kier alpha value is -2.54. The summed E-state index contributed by atoms with van der Waals surface area (Å²) in [6, 6.07) is 13.9. The maximum Gasteiger partial charge on any atom is 0.255 e. The lowest BCUT2D eigenvalue weighted by Gasteiger charge is -2.29. The van der Waals surface area contributed by atoms with Crippen LogP contribution >= 0.6 is 23.2 Å².